The highest BCUT2D eigenvalue weighted by molar-refractivity contribution is 6.35. The Morgan fingerprint density at radius 1 is 1.17 bits per heavy atom. The predicted molar refractivity (Wildman–Crippen MR) is 93.4 cm³/mol. The van der Waals surface area contributed by atoms with Crippen molar-refractivity contribution in [2.75, 3.05) is 53.0 Å². The van der Waals surface area contributed by atoms with Crippen molar-refractivity contribution >= 4 is 17.9 Å². The summed E-state index contributed by atoms with van der Waals surface area (Å²) in [4.78, 5) is 27.7. The number of amides is 2. The Morgan fingerprint density at radius 2 is 1.88 bits per heavy atom. The van der Waals surface area contributed by atoms with E-state index >= 15 is 0 Å². The van der Waals surface area contributed by atoms with Gasteiger partial charge in [-0.3, -0.25) is 14.5 Å². The largest absolute Gasteiger partial charge is 0.383 e. The molecule has 0 bridgehead atoms. The van der Waals surface area contributed by atoms with Gasteiger partial charge in [-0.15, -0.1) is 0 Å². The van der Waals surface area contributed by atoms with Crippen LogP contribution in [0.3, 0.4) is 0 Å². The average molecular weight is 331 g/mol. The fraction of sp³-hybridized carbons (Fsp3) is 0.444. The van der Waals surface area contributed by atoms with E-state index in [1.807, 2.05) is 18.2 Å². The lowest BCUT2D eigenvalue weighted by molar-refractivity contribution is -0.147. The molecule has 1 fully saturated rings. The molecule has 6 heteroatoms. The molecule has 2 amide bonds. The molecular formula is C18H25N3O3. The lowest BCUT2D eigenvalue weighted by atomic mass is 10.2. The molecule has 1 aromatic carbocycles. The third-order valence-electron chi connectivity index (χ3n) is 3.92. The molecule has 0 saturated carbocycles. The molecule has 2 rings (SSSR count). The van der Waals surface area contributed by atoms with E-state index in [0.29, 0.717) is 26.2 Å². The normalized spacial score (nSPS) is 15.6. The fourth-order valence-electron chi connectivity index (χ4n) is 2.52. The van der Waals surface area contributed by atoms with Crippen LogP contribution in [0.4, 0.5) is 0 Å². The summed E-state index contributed by atoms with van der Waals surface area (Å²) in [6.07, 6.45) is 4.23. The van der Waals surface area contributed by atoms with Gasteiger partial charge in [-0.2, -0.15) is 0 Å². The first kappa shape index (κ1) is 18.2. The van der Waals surface area contributed by atoms with Gasteiger partial charge in [0.2, 0.25) is 0 Å². The molecule has 1 aromatic rings. The Kier molecular flexibility index (Phi) is 7.45. The quantitative estimate of drug-likeness (QED) is 0.613. The van der Waals surface area contributed by atoms with Crippen molar-refractivity contribution in [2.24, 2.45) is 0 Å². The third kappa shape index (κ3) is 5.79. The van der Waals surface area contributed by atoms with Crippen molar-refractivity contribution < 1.29 is 14.3 Å². The second-order valence-corrected chi connectivity index (χ2v) is 5.65. The minimum absolute atomic E-state index is 0.352. The monoisotopic (exact) mass is 331 g/mol. The van der Waals surface area contributed by atoms with E-state index in [2.05, 4.69) is 34.5 Å². The number of hydrogen-bond donors (Lipinski definition) is 1. The molecule has 0 unspecified atom stereocenters. The van der Waals surface area contributed by atoms with Gasteiger partial charge in [0.05, 0.1) is 6.61 Å². The molecule has 1 heterocycles. The summed E-state index contributed by atoms with van der Waals surface area (Å²) in [5, 5.41) is 2.56. The number of nitrogens with one attached hydrogen (secondary N) is 1. The van der Waals surface area contributed by atoms with E-state index in [0.717, 1.165) is 19.6 Å². The summed E-state index contributed by atoms with van der Waals surface area (Å²) in [5.74, 6) is -1.00. The molecule has 0 atom stereocenters. The van der Waals surface area contributed by atoms with Crippen molar-refractivity contribution in [1.82, 2.24) is 15.1 Å². The number of ether oxygens (including phenoxy) is 1. The van der Waals surface area contributed by atoms with Gasteiger partial charge in [-0.05, 0) is 5.56 Å². The molecular weight excluding hydrogens is 306 g/mol. The van der Waals surface area contributed by atoms with Crippen LogP contribution in [0, 0.1) is 0 Å². The van der Waals surface area contributed by atoms with E-state index in [9.17, 15) is 9.59 Å². The number of benzene rings is 1. The zero-order valence-corrected chi connectivity index (χ0v) is 14.1. The first-order chi connectivity index (χ1) is 11.7. The summed E-state index contributed by atoms with van der Waals surface area (Å²) >= 11 is 0. The molecule has 1 N–H and O–H groups in total. The van der Waals surface area contributed by atoms with E-state index in [1.165, 1.54) is 5.56 Å². The van der Waals surface area contributed by atoms with Crippen LogP contribution >= 0.6 is 0 Å². The van der Waals surface area contributed by atoms with Gasteiger partial charge in [0, 0.05) is 46.4 Å². The summed E-state index contributed by atoms with van der Waals surface area (Å²) < 4.78 is 4.85. The zero-order valence-electron chi connectivity index (χ0n) is 14.1. The lowest BCUT2D eigenvalue weighted by Crippen LogP contribution is -2.52. The van der Waals surface area contributed by atoms with Crippen LogP contribution in [0.15, 0.2) is 36.4 Å². The molecule has 1 aliphatic rings. The fourth-order valence-corrected chi connectivity index (χ4v) is 2.52. The van der Waals surface area contributed by atoms with Crippen LogP contribution in [0.25, 0.3) is 6.08 Å². The summed E-state index contributed by atoms with van der Waals surface area (Å²) in [6, 6.07) is 10.2. The third-order valence-corrected chi connectivity index (χ3v) is 3.92. The highest BCUT2D eigenvalue weighted by atomic mass is 16.5. The SMILES string of the molecule is COCCNC(=O)C(=O)N1CCN(C/C=C/c2ccccc2)CC1. The molecule has 0 aliphatic carbocycles. The van der Waals surface area contributed by atoms with Crippen LogP contribution in [-0.2, 0) is 14.3 Å². The number of carbonyl (C=O) groups is 2. The van der Waals surface area contributed by atoms with E-state index in [4.69, 9.17) is 4.74 Å². The van der Waals surface area contributed by atoms with E-state index in [1.54, 1.807) is 12.0 Å². The van der Waals surface area contributed by atoms with Crippen molar-refractivity contribution in [3.8, 4) is 0 Å². The molecule has 0 aromatic heterocycles. The Labute approximate surface area is 143 Å². The molecule has 130 valence electrons. The smallest absolute Gasteiger partial charge is 0.311 e. The maximum absolute atomic E-state index is 12.0. The number of carbonyl (C=O) groups excluding carboxylic acids is 2. The maximum atomic E-state index is 12.0. The number of methoxy groups -OCH3 is 1. The minimum atomic E-state index is -0.551. The first-order valence-electron chi connectivity index (χ1n) is 8.20. The van der Waals surface area contributed by atoms with Crippen LogP contribution in [0.2, 0.25) is 0 Å². The molecule has 0 radical (unpaired) electrons. The molecule has 1 saturated heterocycles. The molecule has 0 spiro atoms. The topological polar surface area (TPSA) is 61.9 Å². The summed E-state index contributed by atoms with van der Waals surface area (Å²) in [5.41, 5.74) is 1.18. The highest BCUT2D eigenvalue weighted by Crippen LogP contribution is 2.05. The van der Waals surface area contributed by atoms with Gasteiger partial charge < -0.3 is 15.0 Å². The van der Waals surface area contributed by atoms with E-state index < -0.39 is 11.8 Å². The minimum Gasteiger partial charge on any atom is -0.383 e. The van der Waals surface area contributed by atoms with E-state index in [-0.39, 0.29) is 0 Å². The van der Waals surface area contributed by atoms with Crippen molar-refractivity contribution in [2.45, 2.75) is 0 Å². The number of hydrogen-bond acceptors (Lipinski definition) is 4. The van der Waals surface area contributed by atoms with Gasteiger partial charge in [0.1, 0.15) is 0 Å². The van der Waals surface area contributed by atoms with Gasteiger partial charge in [0.25, 0.3) is 0 Å². The van der Waals surface area contributed by atoms with Crippen LogP contribution in [0.1, 0.15) is 5.56 Å². The Hall–Kier alpha value is -2.18. The Balaban J connectivity index is 1.70. The summed E-state index contributed by atoms with van der Waals surface area (Å²) in [7, 11) is 1.56. The van der Waals surface area contributed by atoms with Crippen molar-refractivity contribution in [3.63, 3.8) is 0 Å². The first-order valence-corrected chi connectivity index (χ1v) is 8.20. The van der Waals surface area contributed by atoms with Crippen molar-refractivity contribution in [1.29, 1.82) is 0 Å². The lowest BCUT2D eigenvalue weighted by Gasteiger charge is -2.33. The second-order valence-electron chi connectivity index (χ2n) is 5.65. The summed E-state index contributed by atoms with van der Waals surface area (Å²) in [6.45, 7) is 4.31. The standard InChI is InChI=1S/C18H25N3O3/c1-24-15-9-19-17(22)18(23)21-13-11-20(12-14-21)10-5-8-16-6-3-2-4-7-16/h2-8H,9-15H2,1H3,(H,19,22)/b8-5+. The van der Waals surface area contributed by atoms with Gasteiger partial charge in [0.15, 0.2) is 0 Å². The number of piperazine rings is 1. The molecule has 1 aliphatic heterocycles. The van der Waals surface area contributed by atoms with Gasteiger partial charge >= 0.3 is 11.8 Å². The second kappa shape index (κ2) is 9.85. The Morgan fingerprint density at radius 3 is 2.54 bits per heavy atom. The number of rotatable bonds is 6. The van der Waals surface area contributed by atoms with Crippen molar-refractivity contribution in [3.05, 3.63) is 42.0 Å². The molecule has 24 heavy (non-hydrogen) atoms. The van der Waals surface area contributed by atoms with Crippen LogP contribution < -0.4 is 5.32 Å². The predicted octanol–water partition coefficient (Wildman–Crippen LogP) is 0.607. The van der Waals surface area contributed by atoms with Crippen LogP contribution in [-0.4, -0.2) is 74.6 Å². The zero-order chi connectivity index (χ0) is 17.2. The highest BCUT2D eigenvalue weighted by Gasteiger charge is 2.25. The van der Waals surface area contributed by atoms with Gasteiger partial charge in [-0.25, -0.2) is 0 Å². The average Bonchev–Trinajstić information content (AvgIpc) is 2.63. The number of nitrogens with zero attached hydrogens (tertiary/aromatic N) is 2. The maximum Gasteiger partial charge on any atom is 0.311 e. The van der Waals surface area contributed by atoms with Gasteiger partial charge in [-0.1, -0.05) is 42.5 Å². The molecule has 6 nitrogen and oxygen atoms in total. The Bertz CT molecular complexity index is 552. The van der Waals surface area contributed by atoms with Crippen LogP contribution in [0.5, 0.6) is 0 Å².